The SMILES string of the molecule is CCC(=O)Nc1cccc(NC(=O)C(F)F)c1C. The van der Waals surface area contributed by atoms with Gasteiger partial charge in [0.05, 0.1) is 0 Å². The Morgan fingerprint density at radius 3 is 2.28 bits per heavy atom. The topological polar surface area (TPSA) is 58.2 Å². The highest BCUT2D eigenvalue weighted by molar-refractivity contribution is 5.96. The molecule has 2 amide bonds. The third-order valence-electron chi connectivity index (χ3n) is 2.39. The van der Waals surface area contributed by atoms with Gasteiger partial charge in [-0.2, -0.15) is 8.78 Å². The maximum atomic E-state index is 12.1. The van der Waals surface area contributed by atoms with Gasteiger partial charge in [0.25, 0.3) is 5.91 Å². The van der Waals surface area contributed by atoms with E-state index >= 15 is 0 Å². The second kappa shape index (κ2) is 6.09. The second-order valence-corrected chi connectivity index (χ2v) is 3.67. The van der Waals surface area contributed by atoms with Crippen LogP contribution in [-0.2, 0) is 9.59 Å². The fourth-order valence-corrected chi connectivity index (χ4v) is 1.33. The predicted octanol–water partition coefficient (Wildman–Crippen LogP) is 2.55. The highest BCUT2D eigenvalue weighted by atomic mass is 19.3. The summed E-state index contributed by atoms with van der Waals surface area (Å²) >= 11 is 0. The van der Waals surface area contributed by atoms with E-state index in [1.54, 1.807) is 26.0 Å². The summed E-state index contributed by atoms with van der Waals surface area (Å²) in [6, 6.07) is 4.71. The first-order valence-corrected chi connectivity index (χ1v) is 5.44. The van der Waals surface area contributed by atoms with Gasteiger partial charge in [-0.15, -0.1) is 0 Å². The van der Waals surface area contributed by atoms with Crippen molar-refractivity contribution in [1.82, 2.24) is 0 Å². The van der Waals surface area contributed by atoms with Crippen LogP contribution in [0.4, 0.5) is 20.2 Å². The number of alkyl halides is 2. The minimum atomic E-state index is -3.07. The molecule has 0 saturated heterocycles. The lowest BCUT2D eigenvalue weighted by Gasteiger charge is -2.12. The molecule has 0 fully saturated rings. The van der Waals surface area contributed by atoms with Crippen LogP contribution in [0.1, 0.15) is 18.9 Å². The standard InChI is InChI=1S/C12H14F2N2O2/c1-3-10(17)15-8-5-4-6-9(7(8)2)16-12(18)11(13)14/h4-6,11H,3H2,1-2H3,(H,15,17)(H,16,18). The van der Waals surface area contributed by atoms with Crippen LogP contribution in [0.15, 0.2) is 18.2 Å². The number of benzene rings is 1. The van der Waals surface area contributed by atoms with Crippen LogP contribution >= 0.6 is 0 Å². The van der Waals surface area contributed by atoms with Crippen molar-refractivity contribution in [3.8, 4) is 0 Å². The second-order valence-electron chi connectivity index (χ2n) is 3.67. The van der Waals surface area contributed by atoms with E-state index in [1.807, 2.05) is 0 Å². The van der Waals surface area contributed by atoms with E-state index in [9.17, 15) is 18.4 Å². The third-order valence-corrected chi connectivity index (χ3v) is 2.39. The lowest BCUT2D eigenvalue weighted by atomic mass is 10.1. The molecule has 6 heteroatoms. The monoisotopic (exact) mass is 256 g/mol. The average Bonchev–Trinajstić information content (AvgIpc) is 2.33. The van der Waals surface area contributed by atoms with Crippen LogP contribution in [0.3, 0.4) is 0 Å². The minimum absolute atomic E-state index is 0.185. The number of amides is 2. The van der Waals surface area contributed by atoms with Gasteiger partial charge in [0.1, 0.15) is 0 Å². The Labute approximate surface area is 103 Å². The van der Waals surface area contributed by atoms with Gasteiger partial charge >= 0.3 is 6.43 Å². The zero-order chi connectivity index (χ0) is 13.7. The molecule has 0 radical (unpaired) electrons. The Morgan fingerprint density at radius 2 is 1.78 bits per heavy atom. The summed E-state index contributed by atoms with van der Waals surface area (Å²) in [4.78, 5) is 22.2. The number of nitrogens with one attached hydrogen (secondary N) is 2. The summed E-state index contributed by atoms with van der Waals surface area (Å²) in [5.74, 6) is -1.55. The highest BCUT2D eigenvalue weighted by Gasteiger charge is 2.16. The summed E-state index contributed by atoms with van der Waals surface area (Å²) < 4.78 is 24.3. The van der Waals surface area contributed by atoms with Gasteiger partial charge in [-0.25, -0.2) is 0 Å². The van der Waals surface area contributed by atoms with E-state index in [2.05, 4.69) is 10.6 Å². The Morgan fingerprint density at radius 1 is 1.22 bits per heavy atom. The summed E-state index contributed by atoms with van der Waals surface area (Å²) in [5, 5.41) is 4.73. The van der Waals surface area contributed by atoms with Crippen molar-refractivity contribution < 1.29 is 18.4 Å². The average molecular weight is 256 g/mol. The molecule has 4 nitrogen and oxygen atoms in total. The smallest absolute Gasteiger partial charge is 0.315 e. The summed E-state index contributed by atoms with van der Waals surface area (Å²) in [5.41, 5.74) is 1.29. The van der Waals surface area contributed by atoms with Gasteiger partial charge in [-0.3, -0.25) is 9.59 Å². The number of hydrogen-bond acceptors (Lipinski definition) is 2. The molecule has 0 aliphatic rings. The van der Waals surface area contributed by atoms with Crippen molar-refractivity contribution in [3.05, 3.63) is 23.8 Å². The number of carbonyl (C=O) groups is 2. The Kier molecular flexibility index (Phi) is 4.76. The molecule has 0 unspecified atom stereocenters. The van der Waals surface area contributed by atoms with Crippen molar-refractivity contribution in [2.75, 3.05) is 10.6 Å². The fourth-order valence-electron chi connectivity index (χ4n) is 1.33. The van der Waals surface area contributed by atoms with Gasteiger partial charge < -0.3 is 10.6 Å². The Hall–Kier alpha value is -1.98. The first-order valence-electron chi connectivity index (χ1n) is 5.44. The lowest BCUT2D eigenvalue weighted by Crippen LogP contribution is -2.21. The summed E-state index contributed by atoms with van der Waals surface area (Å²) in [6.07, 6.45) is -2.76. The minimum Gasteiger partial charge on any atom is -0.326 e. The van der Waals surface area contributed by atoms with E-state index in [0.717, 1.165) is 0 Å². The quantitative estimate of drug-likeness (QED) is 0.869. The van der Waals surface area contributed by atoms with Crippen LogP contribution in [0.5, 0.6) is 0 Å². The van der Waals surface area contributed by atoms with Gasteiger partial charge in [-0.05, 0) is 24.6 Å². The number of carbonyl (C=O) groups excluding carboxylic acids is 2. The van der Waals surface area contributed by atoms with E-state index in [0.29, 0.717) is 17.7 Å². The van der Waals surface area contributed by atoms with E-state index < -0.39 is 12.3 Å². The number of hydrogen-bond donors (Lipinski definition) is 2. The fraction of sp³-hybridized carbons (Fsp3) is 0.333. The van der Waals surface area contributed by atoms with Gasteiger partial charge in [0.15, 0.2) is 0 Å². The molecular formula is C12H14F2N2O2. The first kappa shape index (κ1) is 14.1. The molecule has 0 aromatic heterocycles. The molecule has 0 saturated carbocycles. The van der Waals surface area contributed by atoms with Crippen molar-refractivity contribution in [1.29, 1.82) is 0 Å². The molecule has 1 rings (SSSR count). The van der Waals surface area contributed by atoms with Crippen LogP contribution in [0.25, 0.3) is 0 Å². The van der Waals surface area contributed by atoms with Crippen molar-refractivity contribution >= 4 is 23.2 Å². The van der Waals surface area contributed by atoms with Gasteiger partial charge in [0, 0.05) is 17.8 Å². The molecule has 0 heterocycles. The zero-order valence-corrected chi connectivity index (χ0v) is 10.1. The van der Waals surface area contributed by atoms with Crippen LogP contribution < -0.4 is 10.6 Å². The molecule has 1 aromatic carbocycles. The molecule has 2 N–H and O–H groups in total. The van der Waals surface area contributed by atoms with Crippen molar-refractivity contribution in [2.24, 2.45) is 0 Å². The molecule has 18 heavy (non-hydrogen) atoms. The predicted molar refractivity (Wildman–Crippen MR) is 64.7 cm³/mol. The molecular weight excluding hydrogens is 242 g/mol. The van der Waals surface area contributed by atoms with E-state index in [1.165, 1.54) is 6.07 Å². The lowest BCUT2D eigenvalue weighted by molar-refractivity contribution is -0.126. The normalized spacial score (nSPS) is 10.3. The number of anilines is 2. The van der Waals surface area contributed by atoms with Crippen molar-refractivity contribution in [3.63, 3.8) is 0 Å². The molecule has 1 aromatic rings. The van der Waals surface area contributed by atoms with Crippen molar-refractivity contribution in [2.45, 2.75) is 26.7 Å². The first-order chi connectivity index (χ1) is 8.45. The summed E-state index contributed by atoms with van der Waals surface area (Å²) in [7, 11) is 0. The number of rotatable bonds is 4. The molecule has 0 bridgehead atoms. The number of halogens is 2. The zero-order valence-electron chi connectivity index (χ0n) is 10.1. The largest absolute Gasteiger partial charge is 0.326 e. The molecule has 98 valence electrons. The molecule has 0 atom stereocenters. The molecule has 0 aliphatic carbocycles. The maximum Gasteiger partial charge on any atom is 0.315 e. The van der Waals surface area contributed by atoms with Gasteiger partial charge in [-0.1, -0.05) is 13.0 Å². The molecule has 0 spiro atoms. The summed E-state index contributed by atoms with van der Waals surface area (Å²) in [6.45, 7) is 3.33. The van der Waals surface area contributed by atoms with Gasteiger partial charge in [0.2, 0.25) is 5.91 Å². The Balaban J connectivity index is 2.91. The third kappa shape index (κ3) is 3.51. The van der Waals surface area contributed by atoms with Crippen LogP contribution in [-0.4, -0.2) is 18.2 Å². The van der Waals surface area contributed by atoms with Crippen LogP contribution in [0.2, 0.25) is 0 Å². The Bertz CT molecular complexity index is 461. The maximum absolute atomic E-state index is 12.1. The molecule has 0 aliphatic heterocycles. The van der Waals surface area contributed by atoms with E-state index in [4.69, 9.17) is 0 Å². The van der Waals surface area contributed by atoms with E-state index in [-0.39, 0.29) is 11.6 Å². The highest BCUT2D eigenvalue weighted by Crippen LogP contribution is 2.23. The van der Waals surface area contributed by atoms with Crippen LogP contribution in [0, 0.1) is 6.92 Å².